The number of aryl methyl sites for hydroxylation is 2. The lowest BCUT2D eigenvalue weighted by Gasteiger charge is -2.09. The van der Waals surface area contributed by atoms with Crippen molar-refractivity contribution in [2.24, 2.45) is 0 Å². The predicted molar refractivity (Wildman–Crippen MR) is 223 cm³/mol. The zero-order valence-corrected chi connectivity index (χ0v) is 32.4. The Morgan fingerprint density at radius 1 is 0.446 bits per heavy atom. The molecule has 8 heterocycles. The summed E-state index contributed by atoms with van der Waals surface area (Å²) in [5.41, 5.74) is 12.0. The molecule has 12 heteroatoms. The summed E-state index contributed by atoms with van der Waals surface area (Å²) in [5.74, 6) is 3.57. The van der Waals surface area contributed by atoms with Crippen LogP contribution in [-0.4, -0.2) is 50.3 Å². The summed E-state index contributed by atoms with van der Waals surface area (Å²) in [6.45, 7) is 12.7. The van der Waals surface area contributed by atoms with Crippen molar-refractivity contribution in [1.82, 2.24) is 50.3 Å². The van der Waals surface area contributed by atoms with Crippen molar-refractivity contribution in [2.75, 3.05) is 10.6 Å². The minimum absolute atomic E-state index is 0.390. The third-order valence-electron chi connectivity index (χ3n) is 9.30. The van der Waals surface area contributed by atoms with E-state index in [-0.39, 0.29) is 0 Å². The van der Waals surface area contributed by atoms with E-state index in [1.807, 2.05) is 73.3 Å². The van der Waals surface area contributed by atoms with Gasteiger partial charge < -0.3 is 10.6 Å². The molecule has 0 saturated carbocycles. The lowest BCUT2D eigenvalue weighted by atomic mass is 10.1. The van der Waals surface area contributed by atoms with Gasteiger partial charge in [0.15, 0.2) is 11.6 Å². The van der Waals surface area contributed by atoms with E-state index in [0.717, 1.165) is 79.7 Å². The Morgan fingerprint density at radius 2 is 0.893 bits per heavy atom. The van der Waals surface area contributed by atoms with Crippen LogP contribution in [0.2, 0.25) is 0 Å². The van der Waals surface area contributed by atoms with Crippen LogP contribution in [0.4, 0.5) is 23.3 Å². The Bertz CT molecular complexity index is 2430. The van der Waals surface area contributed by atoms with Gasteiger partial charge in [-0.1, -0.05) is 41.5 Å². The van der Waals surface area contributed by atoms with Gasteiger partial charge in [0, 0.05) is 47.3 Å². The second-order valence-corrected chi connectivity index (χ2v) is 14.0. The number of aromatic nitrogens is 10. The fraction of sp³-hybridized carbons (Fsp3) is 0.227. The molecule has 56 heavy (non-hydrogen) atoms. The van der Waals surface area contributed by atoms with Crippen LogP contribution >= 0.6 is 0 Å². The Hall–Kier alpha value is -6.82. The monoisotopic (exact) mass is 740 g/mol. The topological polar surface area (TPSA) is 153 Å². The predicted octanol–water partition coefficient (Wildman–Crippen LogP) is 9.82. The summed E-state index contributed by atoms with van der Waals surface area (Å²) in [6, 6.07) is 24.0. The molecule has 0 atom stereocenters. The quantitative estimate of drug-likeness (QED) is 0.137. The number of anilines is 4. The largest absolute Gasteiger partial charge is 0.323 e. The average molecular weight is 741 g/mol. The summed E-state index contributed by atoms with van der Waals surface area (Å²) >= 11 is 0. The van der Waals surface area contributed by atoms with Crippen LogP contribution in [0.3, 0.4) is 0 Å². The molecule has 0 aliphatic heterocycles. The fourth-order valence-corrected chi connectivity index (χ4v) is 5.95. The van der Waals surface area contributed by atoms with Crippen LogP contribution in [-0.2, 0) is 12.8 Å². The van der Waals surface area contributed by atoms with Gasteiger partial charge in [-0.3, -0.25) is 19.9 Å². The third kappa shape index (κ3) is 9.09. The lowest BCUT2D eigenvalue weighted by molar-refractivity contribution is 0.843. The Balaban J connectivity index is 0.000000172. The molecule has 8 aromatic heterocycles. The van der Waals surface area contributed by atoms with Crippen molar-refractivity contribution in [2.45, 2.75) is 66.2 Å². The maximum Gasteiger partial charge on any atom is 0.154 e. The highest BCUT2D eigenvalue weighted by Crippen LogP contribution is 2.26. The molecule has 280 valence electrons. The Morgan fingerprint density at radius 3 is 1.30 bits per heavy atom. The third-order valence-corrected chi connectivity index (χ3v) is 9.30. The molecule has 0 bridgehead atoms. The number of nitrogens with zero attached hydrogens (tertiary/aromatic N) is 10. The zero-order chi connectivity index (χ0) is 39.0. The van der Waals surface area contributed by atoms with Gasteiger partial charge in [0.2, 0.25) is 0 Å². The summed E-state index contributed by atoms with van der Waals surface area (Å²) in [5, 5.41) is 23.0. The molecule has 8 aromatic rings. The van der Waals surface area contributed by atoms with Crippen molar-refractivity contribution >= 4 is 45.3 Å². The molecular formula is C44H44N12. The maximum absolute atomic E-state index is 4.72. The summed E-state index contributed by atoms with van der Waals surface area (Å²) in [4.78, 5) is 27.3. The van der Waals surface area contributed by atoms with E-state index in [9.17, 15) is 0 Å². The van der Waals surface area contributed by atoms with E-state index in [1.54, 1.807) is 12.4 Å². The van der Waals surface area contributed by atoms with Gasteiger partial charge in [-0.25, -0.2) is 9.97 Å². The molecule has 0 radical (unpaired) electrons. The fourth-order valence-electron chi connectivity index (χ4n) is 5.95. The SMILES string of the molecule is CCc1cc(-c2cnc3ccc(Nc4cc(C(C)C)cnn4)nc3c2)ccn1.CCc1cc(-c2cnc3ccc(Nc4cc(C(C)C)cnn4)nc3c2)ccn1. The van der Waals surface area contributed by atoms with Gasteiger partial charge in [-0.15, -0.1) is 10.2 Å². The van der Waals surface area contributed by atoms with Crippen LogP contribution in [0.15, 0.2) is 110 Å². The summed E-state index contributed by atoms with van der Waals surface area (Å²) < 4.78 is 0. The highest BCUT2D eigenvalue weighted by molar-refractivity contribution is 5.83. The van der Waals surface area contributed by atoms with Crippen LogP contribution in [0.5, 0.6) is 0 Å². The van der Waals surface area contributed by atoms with E-state index in [1.165, 1.54) is 0 Å². The molecule has 0 amide bonds. The second-order valence-electron chi connectivity index (χ2n) is 14.0. The van der Waals surface area contributed by atoms with Crippen molar-refractivity contribution in [3.05, 3.63) is 132 Å². The van der Waals surface area contributed by atoms with Crippen molar-refractivity contribution < 1.29 is 0 Å². The van der Waals surface area contributed by atoms with Gasteiger partial charge in [-0.2, -0.15) is 10.2 Å². The molecule has 2 N–H and O–H groups in total. The van der Waals surface area contributed by atoms with E-state index < -0.39 is 0 Å². The number of rotatable bonds is 10. The van der Waals surface area contributed by atoms with Gasteiger partial charge in [0.25, 0.3) is 0 Å². The molecule has 12 nitrogen and oxygen atoms in total. The minimum Gasteiger partial charge on any atom is -0.323 e. The van der Waals surface area contributed by atoms with E-state index in [2.05, 4.69) is 117 Å². The normalized spacial score (nSPS) is 11.1. The highest BCUT2D eigenvalue weighted by atomic mass is 15.2. The first-order chi connectivity index (χ1) is 27.2. The lowest BCUT2D eigenvalue weighted by Crippen LogP contribution is -2.00. The molecule has 0 unspecified atom stereocenters. The molecule has 8 rings (SSSR count). The molecule has 0 spiro atoms. The van der Waals surface area contributed by atoms with Crippen LogP contribution < -0.4 is 10.6 Å². The van der Waals surface area contributed by atoms with Crippen molar-refractivity contribution in [3.63, 3.8) is 0 Å². The molecule has 0 aliphatic carbocycles. The first-order valence-corrected chi connectivity index (χ1v) is 18.9. The smallest absolute Gasteiger partial charge is 0.154 e. The maximum atomic E-state index is 4.72. The van der Waals surface area contributed by atoms with Gasteiger partial charge in [-0.05, 0) is 120 Å². The summed E-state index contributed by atoms with van der Waals surface area (Å²) in [7, 11) is 0. The van der Waals surface area contributed by atoms with Gasteiger partial charge >= 0.3 is 0 Å². The average Bonchev–Trinajstić information content (AvgIpc) is 3.23. The second kappa shape index (κ2) is 17.1. The Kier molecular flexibility index (Phi) is 11.5. The highest BCUT2D eigenvalue weighted by Gasteiger charge is 2.09. The number of pyridine rings is 6. The number of hydrogen-bond acceptors (Lipinski definition) is 12. The van der Waals surface area contributed by atoms with Crippen LogP contribution in [0.25, 0.3) is 44.3 Å². The standard InChI is InChI=1S/2C22H22N6/c2*1-4-18-9-15(7-8-23-18)17-10-20-19(24-12-17)5-6-21(26-20)27-22-11-16(14(2)3)13-25-28-22/h2*5-14H,4H2,1-3H3,(H,26,27,28). The van der Waals surface area contributed by atoms with E-state index in [4.69, 9.17) is 9.97 Å². The first-order valence-electron chi connectivity index (χ1n) is 18.9. The zero-order valence-electron chi connectivity index (χ0n) is 32.4. The Labute approximate surface area is 326 Å². The van der Waals surface area contributed by atoms with Crippen LogP contribution in [0.1, 0.15) is 75.9 Å². The van der Waals surface area contributed by atoms with E-state index >= 15 is 0 Å². The molecule has 0 fully saturated rings. The minimum atomic E-state index is 0.390. The first kappa shape index (κ1) is 37.5. The molecule has 0 aromatic carbocycles. The van der Waals surface area contributed by atoms with Gasteiger partial charge in [0.05, 0.1) is 34.5 Å². The molecule has 0 saturated heterocycles. The van der Waals surface area contributed by atoms with Gasteiger partial charge in [0.1, 0.15) is 11.6 Å². The molecular weight excluding hydrogens is 697 g/mol. The van der Waals surface area contributed by atoms with Crippen molar-refractivity contribution in [3.8, 4) is 22.3 Å². The van der Waals surface area contributed by atoms with E-state index in [0.29, 0.717) is 35.1 Å². The van der Waals surface area contributed by atoms with Crippen molar-refractivity contribution in [1.29, 1.82) is 0 Å². The van der Waals surface area contributed by atoms with Crippen LogP contribution in [0, 0.1) is 0 Å². The number of nitrogens with one attached hydrogen (secondary N) is 2. The molecule has 0 aliphatic rings. The number of hydrogen-bond donors (Lipinski definition) is 2. The number of fused-ring (bicyclic) bond motifs is 2. The summed E-state index contributed by atoms with van der Waals surface area (Å²) in [6.07, 6.45) is 12.8.